The van der Waals surface area contributed by atoms with Crippen LogP contribution in [0.15, 0.2) is 71.6 Å². The molecule has 0 aromatic heterocycles. The molecule has 5 rings (SSSR count). The van der Waals surface area contributed by atoms with E-state index in [4.69, 9.17) is 0 Å². The van der Waals surface area contributed by atoms with Gasteiger partial charge in [0.25, 0.3) is 10.0 Å². The zero-order valence-electron chi connectivity index (χ0n) is 20.5. The molecule has 1 aliphatic heterocycles. The van der Waals surface area contributed by atoms with Gasteiger partial charge in [0.2, 0.25) is 0 Å². The summed E-state index contributed by atoms with van der Waals surface area (Å²) in [6, 6.07) is 18.1. The lowest BCUT2D eigenvalue weighted by atomic mass is 9.87. The summed E-state index contributed by atoms with van der Waals surface area (Å²) in [6.07, 6.45) is -3.93. The fourth-order valence-corrected chi connectivity index (χ4v) is 5.49. The average molecular weight is 539 g/mol. The smallest absolute Gasteiger partial charge is 0.395 e. The van der Waals surface area contributed by atoms with Gasteiger partial charge in [-0.3, -0.25) is 4.72 Å². The molecule has 0 saturated carbocycles. The van der Waals surface area contributed by atoms with Crippen molar-refractivity contribution < 1.29 is 31.1 Å². The van der Waals surface area contributed by atoms with Crippen LogP contribution in [0.2, 0.25) is 0 Å². The zero-order chi connectivity index (χ0) is 27.5. The molecule has 0 atom stereocenters. The number of nitrogens with zero attached hydrogens (tertiary/aromatic N) is 1. The van der Waals surface area contributed by atoms with Crippen molar-refractivity contribution in [2.75, 3.05) is 4.72 Å². The highest BCUT2D eigenvalue weighted by Crippen LogP contribution is 2.48. The van der Waals surface area contributed by atoms with Crippen LogP contribution in [0.5, 0.6) is 11.5 Å². The Morgan fingerprint density at radius 2 is 1.55 bits per heavy atom. The number of rotatable bonds is 4. The quantitative estimate of drug-likeness (QED) is 0.304. The monoisotopic (exact) mass is 538 g/mol. The van der Waals surface area contributed by atoms with Gasteiger partial charge in [-0.1, -0.05) is 57.2 Å². The molecule has 0 amide bonds. The number of fused-ring (bicyclic) bond motifs is 2. The van der Waals surface area contributed by atoms with Crippen molar-refractivity contribution in [1.82, 2.24) is 0 Å². The Hall–Kier alpha value is -4.23. The average Bonchev–Trinajstić information content (AvgIpc) is 3.14. The molecule has 38 heavy (non-hydrogen) atoms. The molecule has 194 valence electrons. The molecule has 4 aromatic rings. The largest absolute Gasteiger partial charge is 0.586 e. The summed E-state index contributed by atoms with van der Waals surface area (Å²) in [7, 11) is -4.37. The van der Waals surface area contributed by atoms with Gasteiger partial charge in [0.05, 0.1) is 22.2 Å². The third kappa shape index (κ3) is 4.50. The molecular weight excluding hydrogens is 517 g/mol. The minimum absolute atomic E-state index is 0.0970. The van der Waals surface area contributed by atoms with Crippen LogP contribution in [0.3, 0.4) is 0 Å². The predicted octanol–water partition coefficient (Wildman–Crippen LogP) is 6.94. The van der Waals surface area contributed by atoms with Crippen LogP contribution in [0, 0.1) is 17.1 Å². The van der Waals surface area contributed by atoms with Crippen LogP contribution in [-0.4, -0.2) is 14.7 Å². The molecule has 0 radical (unpaired) electrons. The topological polar surface area (TPSA) is 88.4 Å². The molecule has 0 bridgehead atoms. The van der Waals surface area contributed by atoms with E-state index in [-0.39, 0.29) is 27.6 Å². The minimum atomic E-state index is -4.37. The molecule has 0 fully saturated rings. The lowest BCUT2D eigenvalue weighted by Gasteiger charge is -2.20. The first-order chi connectivity index (χ1) is 17.8. The number of ether oxygens (including phenoxy) is 2. The first-order valence-electron chi connectivity index (χ1n) is 11.5. The summed E-state index contributed by atoms with van der Waals surface area (Å²) in [4.78, 5) is -0.346. The fourth-order valence-electron chi connectivity index (χ4n) is 4.41. The molecule has 0 aliphatic carbocycles. The second kappa shape index (κ2) is 8.67. The van der Waals surface area contributed by atoms with Gasteiger partial charge < -0.3 is 9.47 Å². The number of nitrogens with one attached hydrogen (secondary N) is 1. The van der Waals surface area contributed by atoms with Crippen molar-refractivity contribution in [2.45, 2.75) is 37.4 Å². The zero-order valence-corrected chi connectivity index (χ0v) is 21.3. The summed E-state index contributed by atoms with van der Waals surface area (Å²) in [5.74, 6) is -1.35. The highest BCUT2D eigenvalue weighted by Gasteiger charge is 2.44. The van der Waals surface area contributed by atoms with Crippen molar-refractivity contribution in [1.29, 1.82) is 5.26 Å². The lowest BCUT2D eigenvalue weighted by molar-refractivity contribution is -0.286. The number of benzene rings is 4. The highest BCUT2D eigenvalue weighted by molar-refractivity contribution is 7.92. The number of hydrogen-bond acceptors (Lipinski definition) is 5. The van der Waals surface area contributed by atoms with E-state index in [9.17, 15) is 26.9 Å². The second-order valence-electron chi connectivity index (χ2n) is 9.83. The maximum absolute atomic E-state index is 14.8. The maximum Gasteiger partial charge on any atom is 0.586 e. The molecule has 1 aliphatic rings. The summed E-state index contributed by atoms with van der Waals surface area (Å²) < 4.78 is 80.8. The van der Waals surface area contributed by atoms with E-state index >= 15 is 0 Å². The number of hydrogen-bond donors (Lipinski definition) is 1. The molecular formula is C28H21F3N2O4S. The van der Waals surface area contributed by atoms with Crippen LogP contribution in [-0.2, 0) is 15.4 Å². The molecule has 0 spiro atoms. The van der Waals surface area contributed by atoms with Gasteiger partial charge >= 0.3 is 6.29 Å². The summed E-state index contributed by atoms with van der Waals surface area (Å²) in [6.45, 7) is 5.40. The van der Waals surface area contributed by atoms with Gasteiger partial charge in [-0.15, -0.1) is 8.78 Å². The molecule has 1 N–H and O–H groups in total. The van der Waals surface area contributed by atoms with Crippen LogP contribution >= 0.6 is 0 Å². The molecule has 10 heteroatoms. The Bertz CT molecular complexity index is 1760. The Kier molecular flexibility index (Phi) is 5.80. The summed E-state index contributed by atoms with van der Waals surface area (Å²) in [5.41, 5.74) is 0.723. The highest BCUT2D eigenvalue weighted by atomic mass is 32.2. The normalized spacial score (nSPS) is 14.3. The van der Waals surface area contributed by atoms with E-state index in [1.165, 1.54) is 18.2 Å². The van der Waals surface area contributed by atoms with Crippen LogP contribution in [0.4, 0.5) is 18.9 Å². The maximum atomic E-state index is 14.8. The minimum Gasteiger partial charge on any atom is -0.395 e. The molecule has 0 saturated heterocycles. The van der Waals surface area contributed by atoms with Crippen molar-refractivity contribution in [3.63, 3.8) is 0 Å². The molecule has 4 aromatic carbocycles. The van der Waals surface area contributed by atoms with Crippen molar-refractivity contribution in [2.24, 2.45) is 0 Å². The molecule has 0 unspecified atom stereocenters. The van der Waals surface area contributed by atoms with Gasteiger partial charge in [0.15, 0.2) is 11.5 Å². The summed E-state index contributed by atoms with van der Waals surface area (Å²) >= 11 is 0. The second-order valence-corrected chi connectivity index (χ2v) is 11.5. The number of halogens is 3. The van der Waals surface area contributed by atoms with Crippen LogP contribution in [0.25, 0.3) is 21.9 Å². The van der Waals surface area contributed by atoms with Crippen LogP contribution in [0.1, 0.15) is 31.9 Å². The van der Waals surface area contributed by atoms with E-state index in [0.29, 0.717) is 27.5 Å². The van der Waals surface area contributed by atoms with Crippen molar-refractivity contribution in [3.8, 4) is 28.7 Å². The number of alkyl halides is 2. The molecule has 1 heterocycles. The van der Waals surface area contributed by atoms with Gasteiger partial charge in [0.1, 0.15) is 5.82 Å². The van der Waals surface area contributed by atoms with E-state index in [1.807, 2.05) is 0 Å². The standard InChI is InChI=1S/C28H21F3N2O4S/c1-27(2,3)22-11-9-17(12-23(22)29)38(34,35)33-24-14-26-25(36-28(30,31)37-26)13-21(24)20-10-8-16(15-32)18-6-4-5-7-19(18)20/h4-14,33H,1-3H3. The Labute approximate surface area is 217 Å². The van der Waals surface area contributed by atoms with Gasteiger partial charge in [-0.05, 0) is 46.2 Å². The van der Waals surface area contributed by atoms with E-state index in [2.05, 4.69) is 20.3 Å². The third-order valence-electron chi connectivity index (χ3n) is 6.18. The first-order valence-corrected chi connectivity index (χ1v) is 13.0. The number of sulfonamides is 1. The van der Waals surface area contributed by atoms with E-state index in [1.54, 1.807) is 57.2 Å². The van der Waals surface area contributed by atoms with Gasteiger partial charge in [-0.2, -0.15) is 5.26 Å². The fraction of sp³-hybridized carbons (Fsp3) is 0.179. The Morgan fingerprint density at radius 1 is 0.895 bits per heavy atom. The number of anilines is 1. The van der Waals surface area contributed by atoms with Gasteiger partial charge in [0, 0.05) is 17.0 Å². The van der Waals surface area contributed by atoms with E-state index < -0.39 is 27.6 Å². The van der Waals surface area contributed by atoms with Crippen molar-refractivity contribution in [3.05, 3.63) is 83.7 Å². The van der Waals surface area contributed by atoms with Gasteiger partial charge in [-0.25, -0.2) is 12.8 Å². The van der Waals surface area contributed by atoms with Crippen LogP contribution < -0.4 is 14.2 Å². The Morgan fingerprint density at radius 3 is 2.18 bits per heavy atom. The number of nitriles is 1. The summed E-state index contributed by atoms with van der Waals surface area (Å²) in [5, 5.41) is 10.7. The van der Waals surface area contributed by atoms with E-state index in [0.717, 1.165) is 12.1 Å². The molecule has 6 nitrogen and oxygen atoms in total. The predicted molar refractivity (Wildman–Crippen MR) is 136 cm³/mol. The first kappa shape index (κ1) is 25.4. The van der Waals surface area contributed by atoms with Crippen molar-refractivity contribution >= 4 is 26.5 Å². The Balaban J connectivity index is 1.68. The lowest BCUT2D eigenvalue weighted by Crippen LogP contribution is -2.25. The third-order valence-corrected chi connectivity index (χ3v) is 7.54. The SMILES string of the molecule is CC(C)(C)c1ccc(S(=O)(=O)Nc2cc3c(cc2-c2ccc(C#N)c4ccccc24)OC(F)(F)O3)cc1F.